The zero-order chi connectivity index (χ0) is 38.5. The lowest BCUT2D eigenvalue weighted by Gasteiger charge is -2.50. The first-order valence-corrected chi connectivity index (χ1v) is 18.2. The summed E-state index contributed by atoms with van der Waals surface area (Å²) < 4.78 is 11.4. The maximum absolute atomic E-state index is 14.1. The molecule has 3 aliphatic heterocycles. The third-order valence-corrected chi connectivity index (χ3v) is 10.5. The minimum absolute atomic E-state index is 0.0780. The lowest BCUT2D eigenvalue weighted by molar-refractivity contribution is -0.155. The highest BCUT2D eigenvalue weighted by atomic mass is 32.2. The van der Waals surface area contributed by atoms with E-state index in [4.69, 9.17) is 15.2 Å². The van der Waals surface area contributed by atoms with Crippen molar-refractivity contribution in [2.75, 3.05) is 37.7 Å². The van der Waals surface area contributed by atoms with Crippen molar-refractivity contribution in [3.63, 3.8) is 0 Å². The van der Waals surface area contributed by atoms with Crippen molar-refractivity contribution in [2.24, 2.45) is 0 Å². The van der Waals surface area contributed by atoms with Crippen molar-refractivity contribution in [2.45, 2.75) is 37.4 Å². The third kappa shape index (κ3) is 7.78. The molecule has 0 saturated carbocycles. The molecule has 280 valence electrons. The van der Waals surface area contributed by atoms with E-state index in [9.17, 15) is 33.6 Å². The van der Waals surface area contributed by atoms with Crippen LogP contribution in [0.2, 0.25) is 0 Å². The van der Waals surface area contributed by atoms with Gasteiger partial charge in [0.1, 0.15) is 29.8 Å². The van der Waals surface area contributed by atoms with Crippen molar-refractivity contribution in [3.8, 4) is 0 Å². The number of likely N-dealkylation sites (N-methyl/N-ethyl adjacent to an activating group) is 1. The molecule has 0 unspecified atom stereocenters. The van der Waals surface area contributed by atoms with Gasteiger partial charge in [0, 0.05) is 43.6 Å². The van der Waals surface area contributed by atoms with Gasteiger partial charge in [0.15, 0.2) is 6.10 Å². The van der Waals surface area contributed by atoms with Crippen LogP contribution in [0.25, 0.3) is 0 Å². The number of piperazine rings is 1. The van der Waals surface area contributed by atoms with E-state index in [0.29, 0.717) is 34.5 Å². The normalized spacial score (nSPS) is 18.8. The fourth-order valence-corrected chi connectivity index (χ4v) is 7.64. The van der Waals surface area contributed by atoms with E-state index in [1.54, 1.807) is 6.92 Å². The van der Waals surface area contributed by atoms with Crippen molar-refractivity contribution in [3.05, 3.63) is 113 Å². The average Bonchev–Trinajstić information content (AvgIpc) is 3.18. The number of amides is 6. The van der Waals surface area contributed by atoms with Crippen LogP contribution < -0.4 is 16.4 Å². The number of esters is 2. The Morgan fingerprint density at radius 3 is 2.09 bits per heavy atom. The topological polar surface area (TPSA) is 198 Å². The molecule has 0 aliphatic carbocycles. The van der Waals surface area contributed by atoms with Crippen LogP contribution in [-0.2, 0) is 38.2 Å². The summed E-state index contributed by atoms with van der Waals surface area (Å²) in [5.41, 5.74) is 8.18. The number of benzene rings is 3. The second-order valence-electron chi connectivity index (χ2n) is 12.6. The third-order valence-electron chi connectivity index (χ3n) is 9.15. The number of carbonyl (C=O) groups excluding carboxylic acids is 7. The Morgan fingerprint density at radius 1 is 0.870 bits per heavy atom. The summed E-state index contributed by atoms with van der Waals surface area (Å²) in [6.07, 6.45) is -0.835. The van der Waals surface area contributed by atoms with E-state index in [1.807, 2.05) is 60.7 Å². The minimum Gasteiger partial charge on any atom is -0.461 e. The summed E-state index contributed by atoms with van der Waals surface area (Å²) in [5.74, 6) is -4.53. The number of thioether (sulfide) groups is 1. The molecule has 3 heterocycles. The number of urea groups is 1. The Hall–Kier alpha value is -6.16. The van der Waals surface area contributed by atoms with E-state index in [0.717, 1.165) is 4.90 Å². The highest BCUT2D eigenvalue weighted by Gasteiger charge is 2.55. The molecule has 3 atom stereocenters. The number of hydrogen-bond donors (Lipinski definition) is 3. The Kier molecular flexibility index (Phi) is 11.3. The van der Waals surface area contributed by atoms with Gasteiger partial charge >= 0.3 is 29.8 Å². The molecule has 15 nitrogen and oxygen atoms in total. The summed E-state index contributed by atoms with van der Waals surface area (Å²) in [7, 11) is 0. The van der Waals surface area contributed by atoms with Gasteiger partial charge in [-0.25, -0.2) is 9.59 Å². The Labute approximate surface area is 314 Å². The fraction of sp³-hybridized carbons (Fsp3) is 0.289. The van der Waals surface area contributed by atoms with Crippen LogP contribution in [0.15, 0.2) is 96.2 Å². The van der Waals surface area contributed by atoms with Gasteiger partial charge in [-0.05, 0) is 35.7 Å². The molecule has 0 radical (unpaired) electrons. The number of β-lactam (4-membered cyclic amide) rings is 1. The number of ether oxygens (including phenoxy) is 2. The quantitative estimate of drug-likeness (QED) is 0.112. The lowest BCUT2D eigenvalue weighted by Crippen LogP contribution is -2.71. The van der Waals surface area contributed by atoms with Crippen LogP contribution >= 0.6 is 11.8 Å². The number of rotatable bonds is 11. The number of carbonyl (C=O) groups is 7. The molecular weight excluding hydrogens is 717 g/mol. The highest BCUT2D eigenvalue weighted by molar-refractivity contribution is 8.00. The summed E-state index contributed by atoms with van der Waals surface area (Å²) in [6, 6.07) is 20.7. The predicted octanol–water partition coefficient (Wildman–Crippen LogP) is 2.26. The van der Waals surface area contributed by atoms with Gasteiger partial charge in [0.05, 0.1) is 0 Å². The molecule has 6 rings (SSSR count). The number of nitrogens with one attached hydrogen (secondary N) is 2. The number of anilines is 1. The second-order valence-corrected chi connectivity index (χ2v) is 13.7. The molecule has 16 heteroatoms. The number of hydrogen-bond acceptors (Lipinski definition) is 11. The van der Waals surface area contributed by atoms with Crippen molar-refractivity contribution in [1.29, 1.82) is 0 Å². The molecule has 2 saturated heterocycles. The van der Waals surface area contributed by atoms with Gasteiger partial charge in [0.25, 0.3) is 5.91 Å². The van der Waals surface area contributed by atoms with E-state index in [1.165, 1.54) is 52.8 Å². The number of nitrogens with two attached hydrogens (primary N) is 1. The standard InChI is InChI=1S/C38H38N6O9S/c1-3-42-18-19-43(35(49)34(42)48)38(51)41-28(23-14-16-27(39)17-15-23)32(46)40-29-33(47)44-30(26(20-52-22(2)45)21-54-36(29)44)37(50)53-31(24-10-6-4-7-11-24)25-12-8-5-9-13-25/h4-17,28-29,31,36H,3,18-21,39H2,1-2H3,(H,40,46)(H,41,51)/t28-,29+,36+/m0/s1. The molecular formula is C38H38N6O9S. The van der Waals surface area contributed by atoms with Gasteiger partial charge in [-0.1, -0.05) is 72.8 Å². The molecule has 3 aromatic rings. The van der Waals surface area contributed by atoms with Crippen molar-refractivity contribution >= 4 is 59.0 Å². The summed E-state index contributed by atoms with van der Waals surface area (Å²) in [4.78, 5) is 95.7. The molecule has 0 aromatic heterocycles. The van der Waals surface area contributed by atoms with E-state index < -0.39 is 65.2 Å². The zero-order valence-corrected chi connectivity index (χ0v) is 30.2. The van der Waals surface area contributed by atoms with Gasteiger partial charge in [0.2, 0.25) is 5.91 Å². The van der Waals surface area contributed by atoms with Gasteiger partial charge in [-0.3, -0.25) is 33.8 Å². The highest BCUT2D eigenvalue weighted by Crippen LogP contribution is 2.42. The first kappa shape index (κ1) is 37.6. The minimum atomic E-state index is -1.40. The first-order chi connectivity index (χ1) is 26.0. The van der Waals surface area contributed by atoms with Crippen LogP contribution in [0.1, 0.15) is 42.7 Å². The number of fused-ring (bicyclic) bond motifs is 1. The Bertz CT molecular complexity index is 1950. The summed E-state index contributed by atoms with van der Waals surface area (Å²) in [6.45, 7) is 3.03. The van der Waals surface area contributed by atoms with Crippen LogP contribution in [-0.4, -0.2) is 99.7 Å². The van der Waals surface area contributed by atoms with Crippen molar-refractivity contribution in [1.82, 2.24) is 25.3 Å². The molecule has 3 aromatic carbocycles. The van der Waals surface area contributed by atoms with Gasteiger partial charge in [-0.15, -0.1) is 11.8 Å². The molecule has 6 amide bonds. The SMILES string of the molecule is CCN1CCN(C(=O)N[C@H](C(=O)N[C@@H]2C(=O)N3C(C(=O)OC(c4ccccc4)c4ccccc4)=C(COC(C)=O)CS[C@H]23)c2ccc(N)cc2)C(=O)C1=O. The first-order valence-electron chi connectivity index (χ1n) is 17.2. The predicted molar refractivity (Wildman–Crippen MR) is 196 cm³/mol. The maximum Gasteiger partial charge on any atom is 0.356 e. The molecule has 0 spiro atoms. The Balaban J connectivity index is 1.24. The molecule has 0 bridgehead atoms. The summed E-state index contributed by atoms with van der Waals surface area (Å²) in [5, 5.41) is 4.48. The van der Waals surface area contributed by atoms with E-state index >= 15 is 0 Å². The second kappa shape index (κ2) is 16.2. The van der Waals surface area contributed by atoms with Gasteiger partial charge < -0.3 is 30.7 Å². The molecule has 4 N–H and O–H groups in total. The lowest BCUT2D eigenvalue weighted by atomic mass is 10.00. The zero-order valence-electron chi connectivity index (χ0n) is 29.4. The number of imide groups is 1. The smallest absolute Gasteiger partial charge is 0.356 e. The fourth-order valence-electron chi connectivity index (χ4n) is 6.32. The number of nitrogen functional groups attached to an aromatic ring is 1. The monoisotopic (exact) mass is 754 g/mol. The maximum atomic E-state index is 14.1. The molecule has 3 aliphatic rings. The Morgan fingerprint density at radius 2 is 1.50 bits per heavy atom. The summed E-state index contributed by atoms with van der Waals surface area (Å²) >= 11 is 1.24. The van der Waals surface area contributed by atoms with E-state index in [-0.39, 0.29) is 31.1 Å². The van der Waals surface area contributed by atoms with Gasteiger partial charge in [-0.2, -0.15) is 0 Å². The van der Waals surface area contributed by atoms with E-state index in [2.05, 4.69) is 10.6 Å². The molecule has 54 heavy (non-hydrogen) atoms. The van der Waals surface area contributed by atoms with Crippen LogP contribution in [0, 0.1) is 0 Å². The van der Waals surface area contributed by atoms with Crippen LogP contribution in [0.4, 0.5) is 10.5 Å². The number of nitrogens with zero attached hydrogens (tertiary/aromatic N) is 3. The van der Waals surface area contributed by atoms with Crippen LogP contribution in [0.3, 0.4) is 0 Å². The molecule has 2 fully saturated rings. The van der Waals surface area contributed by atoms with Crippen molar-refractivity contribution < 1.29 is 43.0 Å². The average molecular weight is 755 g/mol. The van der Waals surface area contributed by atoms with Crippen LogP contribution in [0.5, 0.6) is 0 Å². The largest absolute Gasteiger partial charge is 0.461 e.